The molecule has 42 valence electrons. The standard InChI is InChI=1S/C3H5IO3/c4-3-6-1-5-2-7-3/h3H,1-2H2. The Morgan fingerprint density at radius 2 is 1.86 bits per heavy atom. The van der Waals surface area contributed by atoms with Crippen LogP contribution >= 0.6 is 22.6 Å². The summed E-state index contributed by atoms with van der Waals surface area (Å²) in [7, 11) is 0. The van der Waals surface area contributed by atoms with Gasteiger partial charge in [0.25, 0.3) is 0 Å². The van der Waals surface area contributed by atoms with Crippen molar-refractivity contribution in [3.05, 3.63) is 0 Å². The maximum Gasteiger partial charge on any atom is 0.214 e. The second-order valence-corrected chi connectivity index (χ2v) is 2.06. The van der Waals surface area contributed by atoms with E-state index in [1.54, 1.807) is 0 Å². The van der Waals surface area contributed by atoms with Crippen LogP contribution in [0.4, 0.5) is 0 Å². The van der Waals surface area contributed by atoms with Crippen molar-refractivity contribution in [2.75, 3.05) is 13.6 Å². The molecule has 1 aliphatic rings. The third-order valence-corrected chi connectivity index (χ3v) is 1.28. The smallest absolute Gasteiger partial charge is 0.214 e. The minimum absolute atomic E-state index is 0.119. The molecule has 0 aromatic carbocycles. The third-order valence-electron chi connectivity index (χ3n) is 0.565. The van der Waals surface area contributed by atoms with Gasteiger partial charge >= 0.3 is 0 Å². The molecule has 0 radical (unpaired) electrons. The Morgan fingerprint density at radius 1 is 1.29 bits per heavy atom. The summed E-state index contributed by atoms with van der Waals surface area (Å²) >= 11 is 2.03. The normalized spacial score (nSPS) is 25.3. The first-order valence-corrected chi connectivity index (χ1v) is 3.09. The highest BCUT2D eigenvalue weighted by molar-refractivity contribution is 14.1. The third kappa shape index (κ3) is 1.89. The monoisotopic (exact) mass is 216 g/mol. The lowest BCUT2D eigenvalue weighted by molar-refractivity contribution is -0.257. The van der Waals surface area contributed by atoms with Gasteiger partial charge in [0.15, 0.2) is 13.6 Å². The molecular weight excluding hydrogens is 211 g/mol. The number of alkyl halides is 1. The number of halogens is 1. The van der Waals surface area contributed by atoms with Gasteiger partial charge in [-0.3, -0.25) is 0 Å². The van der Waals surface area contributed by atoms with Crippen molar-refractivity contribution in [1.29, 1.82) is 0 Å². The minimum Gasteiger partial charge on any atom is -0.329 e. The lowest BCUT2D eigenvalue weighted by atomic mass is 11.2. The number of rotatable bonds is 0. The van der Waals surface area contributed by atoms with Gasteiger partial charge in [-0.2, -0.15) is 0 Å². The van der Waals surface area contributed by atoms with E-state index in [0.29, 0.717) is 13.6 Å². The summed E-state index contributed by atoms with van der Waals surface area (Å²) in [5, 5.41) is 0. The van der Waals surface area contributed by atoms with Crippen molar-refractivity contribution in [2.24, 2.45) is 0 Å². The summed E-state index contributed by atoms with van der Waals surface area (Å²) in [5.41, 5.74) is 0. The van der Waals surface area contributed by atoms with Gasteiger partial charge in [0.2, 0.25) is 4.30 Å². The Balaban J connectivity index is 2.12. The Labute approximate surface area is 55.1 Å². The van der Waals surface area contributed by atoms with E-state index in [-0.39, 0.29) is 4.30 Å². The molecule has 1 rings (SSSR count). The van der Waals surface area contributed by atoms with Crippen molar-refractivity contribution < 1.29 is 14.2 Å². The molecule has 4 heteroatoms. The van der Waals surface area contributed by atoms with Gasteiger partial charge in [0.05, 0.1) is 0 Å². The van der Waals surface area contributed by atoms with Gasteiger partial charge in [-0.05, 0) is 22.6 Å². The van der Waals surface area contributed by atoms with Crippen LogP contribution in [0.2, 0.25) is 0 Å². The lowest BCUT2D eigenvalue weighted by Crippen LogP contribution is -2.20. The Kier molecular flexibility index (Phi) is 2.30. The fourth-order valence-electron chi connectivity index (χ4n) is 0.285. The predicted molar refractivity (Wildman–Crippen MR) is 30.8 cm³/mol. The highest BCUT2D eigenvalue weighted by Gasteiger charge is 2.07. The minimum atomic E-state index is -0.119. The molecule has 0 bridgehead atoms. The predicted octanol–water partition coefficient (Wildman–Crippen LogP) is 0.683. The maximum absolute atomic E-state index is 4.82. The number of hydrogen-bond acceptors (Lipinski definition) is 3. The zero-order valence-electron chi connectivity index (χ0n) is 3.59. The Morgan fingerprint density at radius 3 is 2.14 bits per heavy atom. The molecule has 0 aliphatic carbocycles. The molecule has 0 atom stereocenters. The van der Waals surface area contributed by atoms with Crippen LogP contribution in [-0.4, -0.2) is 17.9 Å². The zero-order valence-corrected chi connectivity index (χ0v) is 5.75. The first-order chi connectivity index (χ1) is 3.39. The van der Waals surface area contributed by atoms with Crippen molar-refractivity contribution >= 4 is 22.6 Å². The molecule has 1 aliphatic heterocycles. The molecule has 3 nitrogen and oxygen atoms in total. The summed E-state index contributed by atoms with van der Waals surface area (Å²) in [6.07, 6.45) is 0. The van der Waals surface area contributed by atoms with E-state index in [4.69, 9.17) is 14.2 Å². The van der Waals surface area contributed by atoms with Gasteiger partial charge in [-0.1, -0.05) is 0 Å². The summed E-state index contributed by atoms with van der Waals surface area (Å²) in [6.45, 7) is 0.710. The quantitative estimate of drug-likeness (QED) is 0.440. The van der Waals surface area contributed by atoms with Crippen LogP contribution in [0, 0.1) is 0 Å². The molecule has 1 fully saturated rings. The average molecular weight is 216 g/mol. The lowest BCUT2D eigenvalue weighted by Gasteiger charge is -2.17. The Bertz CT molecular complexity index is 52.1. The van der Waals surface area contributed by atoms with Crippen molar-refractivity contribution in [2.45, 2.75) is 4.30 Å². The summed E-state index contributed by atoms with van der Waals surface area (Å²) in [4.78, 5) is 0. The van der Waals surface area contributed by atoms with Crippen LogP contribution in [-0.2, 0) is 14.2 Å². The molecule has 0 spiro atoms. The van der Waals surface area contributed by atoms with Crippen LogP contribution in [0.5, 0.6) is 0 Å². The van der Waals surface area contributed by atoms with E-state index in [0.717, 1.165) is 0 Å². The van der Waals surface area contributed by atoms with Crippen LogP contribution < -0.4 is 0 Å². The zero-order chi connectivity index (χ0) is 5.11. The number of ether oxygens (including phenoxy) is 3. The maximum atomic E-state index is 4.82. The largest absolute Gasteiger partial charge is 0.329 e. The highest BCUT2D eigenvalue weighted by atomic mass is 127. The SMILES string of the molecule is IC1OCOCO1. The van der Waals surface area contributed by atoms with E-state index in [2.05, 4.69) is 0 Å². The topological polar surface area (TPSA) is 27.7 Å². The second kappa shape index (κ2) is 2.81. The summed E-state index contributed by atoms with van der Waals surface area (Å²) in [5.74, 6) is 0. The van der Waals surface area contributed by atoms with E-state index in [1.165, 1.54) is 0 Å². The van der Waals surface area contributed by atoms with Crippen LogP contribution in [0.1, 0.15) is 0 Å². The molecule has 0 aromatic heterocycles. The molecular formula is C3H5IO3. The summed E-state index contributed by atoms with van der Waals surface area (Å²) in [6, 6.07) is 0. The molecule has 1 heterocycles. The van der Waals surface area contributed by atoms with Crippen LogP contribution in [0.3, 0.4) is 0 Å². The molecule has 0 N–H and O–H groups in total. The first-order valence-electron chi connectivity index (χ1n) is 1.84. The van der Waals surface area contributed by atoms with E-state index < -0.39 is 0 Å². The van der Waals surface area contributed by atoms with Crippen LogP contribution in [0.15, 0.2) is 0 Å². The van der Waals surface area contributed by atoms with Gasteiger partial charge in [0.1, 0.15) is 0 Å². The van der Waals surface area contributed by atoms with Crippen molar-refractivity contribution in [3.63, 3.8) is 0 Å². The molecule has 7 heavy (non-hydrogen) atoms. The molecule has 0 aromatic rings. The van der Waals surface area contributed by atoms with Gasteiger partial charge in [-0.15, -0.1) is 0 Å². The molecule has 0 saturated carbocycles. The van der Waals surface area contributed by atoms with E-state index in [1.807, 2.05) is 22.6 Å². The molecule has 0 unspecified atom stereocenters. The van der Waals surface area contributed by atoms with Crippen molar-refractivity contribution in [3.8, 4) is 0 Å². The molecule has 0 amide bonds. The van der Waals surface area contributed by atoms with Crippen molar-refractivity contribution in [1.82, 2.24) is 0 Å². The second-order valence-electron chi connectivity index (χ2n) is 1.05. The Hall–Kier alpha value is 0.610. The fraction of sp³-hybridized carbons (Fsp3) is 1.00. The van der Waals surface area contributed by atoms with Gasteiger partial charge in [-0.25, -0.2) is 0 Å². The summed E-state index contributed by atoms with van der Waals surface area (Å²) < 4.78 is 14.2. The van der Waals surface area contributed by atoms with E-state index >= 15 is 0 Å². The number of hydrogen-bond donors (Lipinski definition) is 0. The first kappa shape index (κ1) is 5.74. The van der Waals surface area contributed by atoms with Gasteiger partial charge < -0.3 is 14.2 Å². The fourth-order valence-corrected chi connectivity index (χ4v) is 0.579. The van der Waals surface area contributed by atoms with E-state index in [9.17, 15) is 0 Å². The highest BCUT2D eigenvalue weighted by Crippen LogP contribution is 2.08. The average Bonchev–Trinajstić information content (AvgIpc) is 1.69. The van der Waals surface area contributed by atoms with Gasteiger partial charge in [0, 0.05) is 0 Å². The molecule has 1 saturated heterocycles. The van der Waals surface area contributed by atoms with Crippen LogP contribution in [0.25, 0.3) is 0 Å².